The fourth-order valence-corrected chi connectivity index (χ4v) is 12.8. The van der Waals surface area contributed by atoms with Crippen molar-refractivity contribution in [1.82, 2.24) is 40.7 Å². The van der Waals surface area contributed by atoms with Crippen LogP contribution in [-0.4, -0.2) is 155 Å². The number of methoxy groups -OCH3 is 4. The van der Waals surface area contributed by atoms with E-state index < -0.39 is 84.7 Å². The van der Waals surface area contributed by atoms with Gasteiger partial charge >= 0.3 is 17.3 Å². The molecule has 3 aliphatic rings. The molecule has 0 radical (unpaired) electrons. The molecule has 5 aromatic heterocycles. The van der Waals surface area contributed by atoms with E-state index in [4.69, 9.17) is 47.6 Å². The summed E-state index contributed by atoms with van der Waals surface area (Å²) in [6.07, 6.45) is 2.92. The second-order valence-electron chi connectivity index (χ2n) is 27.5. The van der Waals surface area contributed by atoms with Crippen LogP contribution in [0.1, 0.15) is 101 Å². The number of rotatable bonds is 21. The van der Waals surface area contributed by atoms with Crippen LogP contribution in [-0.2, 0) is 46.8 Å². The number of pyridine rings is 2. The van der Waals surface area contributed by atoms with Crippen molar-refractivity contribution in [1.29, 1.82) is 0 Å². The first kappa shape index (κ1) is 81.2. The fraction of sp³-hybridized carbons (Fsp3) is 0.395. The van der Waals surface area contributed by atoms with Gasteiger partial charge in [-0.25, -0.2) is 18.2 Å². The van der Waals surface area contributed by atoms with Gasteiger partial charge in [-0.05, 0) is 163 Å². The number of aliphatic hydroxyl groups is 1. The van der Waals surface area contributed by atoms with E-state index in [2.05, 4.69) is 41.9 Å². The van der Waals surface area contributed by atoms with E-state index in [9.17, 15) is 47.7 Å². The van der Waals surface area contributed by atoms with Gasteiger partial charge in [0.15, 0.2) is 17.1 Å². The Morgan fingerprint density at radius 3 is 1.81 bits per heavy atom. The summed E-state index contributed by atoms with van der Waals surface area (Å²) < 4.78 is 76.5. The van der Waals surface area contributed by atoms with Crippen LogP contribution in [0.15, 0.2) is 141 Å². The number of benzene rings is 4. The number of sulfonamides is 1. The molecule has 4 aromatic carbocycles. The van der Waals surface area contributed by atoms with Gasteiger partial charge in [0.05, 0.1) is 56.4 Å². The number of aromatic nitrogens is 5. The van der Waals surface area contributed by atoms with Gasteiger partial charge in [0.2, 0.25) is 38.8 Å². The maximum atomic E-state index is 14.6. The number of nitro groups is 1. The smallest absolute Gasteiger partial charge is 0.408 e. The van der Waals surface area contributed by atoms with Crippen molar-refractivity contribution >= 4 is 68.0 Å². The number of carbonyl (C=O) groups excluding carboxylic acids is 5. The predicted molar refractivity (Wildman–Crippen MR) is 392 cm³/mol. The number of nitrogens with zero attached hydrogens (tertiary/aromatic N) is 7. The van der Waals surface area contributed by atoms with Crippen LogP contribution in [0.4, 0.5) is 10.5 Å². The Bertz CT molecular complexity index is 4700. The number of ether oxygens (including phenoxy) is 6. The average molecular weight is 1500 g/mol. The fourth-order valence-electron chi connectivity index (χ4n) is 11.4. The molecule has 6 heterocycles. The van der Waals surface area contributed by atoms with Crippen molar-refractivity contribution in [2.45, 2.75) is 142 Å². The van der Waals surface area contributed by atoms with Crippen LogP contribution < -0.4 is 43.8 Å². The highest BCUT2D eigenvalue weighted by Gasteiger charge is 2.62. The molecule has 0 bridgehead atoms. The number of aryl methyl sites for hydroxylation is 4. The first-order chi connectivity index (χ1) is 50.7. The maximum absolute atomic E-state index is 14.6. The Morgan fingerprint density at radius 1 is 0.776 bits per heavy atom. The molecule has 1 saturated heterocycles. The molecule has 4 amide bonds. The summed E-state index contributed by atoms with van der Waals surface area (Å²) in [6.45, 7) is 20.9. The summed E-state index contributed by atoms with van der Waals surface area (Å²) in [5, 5.41) is 45.3. The molecule has 2 saturated carbocycles. The van der Waals surface area contributed by atoms with Gasteiger partial charge in [0.1, 0.15) is 69.8 Å². The predicted octanol–water partition coefficient (Wildman–Crippen LogP) is 10.4. The number of amides is 4. The number of carbonyl (C=O) groups is 5. The quantitative estimate of drug-likeness (QED) is 0.0111. The van der Waals surface area contributed by atoms with Crippen molar-refractivity contribution < 1.29 is 94.3 Å². The molecule has 107 heavy (non-hydrogen) atoms. The van der Waals surface area contributed by atoms with E-state index in [0.29, 0.717) is 76.5 Å². The summed E-state index contributed by atoms with van der Waals surface area (Å²) >= 11 is 0. The lowest BCUT2D eigenvalue weighted by atomic mass is 9.85. The molecule has 31 heteroatoms. The monoisotopic (exact) mass is 1500 g/mol. The largest absolute Gasteiger partial charge is 0.497 e. The third-order valence-corrected chi connectivity index (χ3v) is 19.2. The SMILES string of the molecule is C=C[C@@H]1C[C@]1(NC(=O)[C@@H]1C[C@@H](Oc2cc(-c3ccc(OC)cc3)nc3c(C)noc23)CN1C(=O)[C@@H](NC(=O)OC(C)(C)C)C(C)(C)C)C(=O)NS(=O)(=O)C1CC1.COc1ccc(-c2ccc3onc(C)c3[n+]2O)cc1.COc1ccc(CC=O)cc1.COc1ccc(CCO)cc1.Cc1noc(C)c1[N+](=O)[O-]. The number of nitrogens with one attached hydrogen (secondary N) is 3. The topological polar surface area (TPSA) is 393 Å². The van der Waals surface area contributed by atoms with Crippen molar-refractivity contribution in [3.63, 3.8) is 0 Å². The van der Waals surface area contributed by atoms with Crippen LogP contribution in [0.3, 0.4) is 0 Å². The molecular weight excluding hydrogens is 1400 g/mol. The number of aliphatic hydroxyl groups excluding tert-OH is 1. The summed E-state index contributed by atoms with van der Waals surface area (Å²) in [5.74, 6) is 0.930. The van der Waals surface area contributed by atoms with E-state index in [1.165, 1.54) is 24.8 Å². The molecule has 0 unspecified atom stereocenters. The molecule has 1 aliphatic heterocycles. The Kier molecular flexibility index (Phi) is 26.6. The first-order valence-corrected chi connectivity index (χ1v) is 35.7. The molecule has 3 fully saturated rings. The number of aldehydes is 1. The zero-order valence-corrected chi connectivity index (χ0v) is 63.0. The Balaban J connectivity index is 0.000000224. The molecule has 2 aliphatic carbocycles. The summed E-state index contributed by atoms with van der Waals surface area (Å²) in [4.78, 5) is 81.5. The van der Waals surface area contributed by atoms with Crippen molar-refractivity contribution in [3.8, 4) is 51.3 Å². The zero-order chi connectivity index (χ0) is 78.3. The van der Waals surface area contributed by atoms with Gasteiger partial charge in [-0.2, -0.15) is 0 Å². The minimum Gasteiger partial charge on any atom is -0.497 e. The zero-order valence-electron chi connectivity index (χ0n) is 62.2. The van der Waals surface area contributed by atoms with Crippen molar-refractivity contribution in [3.05, 3.63) is 172 Å². The average Bonchev–Trinajstić information content (AvgIpc) is 1.57. The maximum Gasteiger partial charge on any atom is 0.408 e. The Labute approximate surface area is 618 Å². The highest BCUT2D eigenvalue weighted by atomic mass is 32.2. The minimum atomic E-state index is -3.93. The molecule has 5 N–H and O–H groups in total. The third-order valence-electron chi connectivity index (χ3n) is 17.4. The van der Waals surface area contributed by atoms with Gasteiger partial charge < -0.3 is 67.4 Å². The lowest BCUT2D eigenvalue weighted by molar-refractivity contribution is -0.876. The molecule has 30 nitrogen and oxygen atoms in total. The normalized spacial score (nSPS) is 16.7. The Hall–Kier alpha value is -11.5. The molecule has 0 spiro atoms. The summed E-state index contributed by atoms with van der Waals surface area (Å²) in [5.41, 5.74) is 5.04. The van der Waals surface area contributed by atoms with Gasteiger partial charge in [0, 0.05) is 54.7 Å². The lowest BCUT2D eigenvalue weighted by Gasteiger charge is -2.36. The molecular formula is C76H91N10O20S+. The highest BCUT2D eigenvalue weighted by Crippen LogP contribution is 2.46. The Morgan fingerprint density at radius 2 is 1.33 bits per heavy atom. The summed E-state index contributed by atoms with van der Waals surface area (Å²) in [6, 6.07) is 32.8. The first-order valence-electron chi connectivity index (χ1n) is 34.1. The van der Waals surface area contributed by atoms with Gasteiger partial charge in [0.25, 0.3) is 11.6 Å². The van der Waals surface area contributed by atoms with Crippen LogP contribution in [0.2, 0.25) is 0 Å². The van der Waals surface area contributed by atoms with Crippen LogP contribution in [0.25, 0.3) is 44.7 Å². The van der Waals surface area contributed by atoms with Gasteiger partial charge in [-0.3, -0.25) is 34.4 Å². The van der Waals surface area contributed by atoms with Gasteiger partial charge in [-0.1, -0.05) is 66.6 Å². The number of fused-ring (bicyclic) bond motifs is 2. The lowest BCUT2D eigenvalue weighted by Crippen LogP contribution is -2.60. The van der Waals surface area contributed by atoms with Crippen molar-refractivity contribution in [2.75, 3.05) is 41.6 Å². The van der Waals surface area contributed by atoms with E-state index in [1.54, 1.807) is 114 Å². The minimum absolute atomic E-state index is 0.0278. The number of alkyl carbamates (subject to hydrolysis) is 1. The standard InChI is InChI=1S/C39H50N6O10S.C14H13N2O3.C9H12O2.C9H10O2.C5H6N2O3/c1-10-23-19-39(23,35(48)44-56(50,51)26-15-16-26)42-33(46)28-17-25(20-45(28)34(47)32(37(3,4)5)41-36(49)54-38(6,7)8)53-29-18-27(22-11-13-24(52-9)14-12-22)40-30-21(2)43-55-31(29)30;1-9-14-13(19-15-9)8-7-12(16(14)17)10-3-5-11(18-2)6-4-10;2*1-11-9-4-2-8(3-5-9)6-7-10;1-3-5(7(8)9)4(2)10-6-3/h10-14,18,23,25-26,28,32H,1,15-17,19-20H2,2-9H3,(H,41,49)(H,42,46)(H,44,48);3-8,17H,1-2H3;2-5,10H,6-7H2,1H3;2-5,7H,6H2,1H3;1-2H3/q;+1;;;/t23-,25-,28+,32-,39-;;;;/m1..../s1. The van der Waals surface area contributed by atoms with E-state index in [1.807, 2.05) is 84.9 Å². The highest BCUT2D eigenvalue weighted by molar-refractivity contribution is 7.91. The molecule has 9 aromatic rings. The summed E-state index contributed by atoms with van der Waals surface area (Å²) in [7, 11) is 2.52. The third kappa shape index (κ3) is 20.7. The van der Waals surface area contributed by atoms with Crippen LogP contribution in [0.5, 0.6) is 28.7 Å². The number of hydrogen-bond donors (Lipinski definition) is 5. The second-order valence-corrected chi connectivity index (χ2v) is 29.5. The van der Waals surface area contributed by atoms with Gasteiger partial charge in [-0.15, -0.1) is 6.58 Å². The number of hydrogen-bond acceptors (Lipinski definition) is 24. The van der Waals surface area contributed by atoms with Crippen LogP contribution >= 0.6 is 0 Å². The van der Waals surface area contributed by atoms with E-state index >= 15 is 0 Å². The molecule has 12 rings (SSSR count). The molecule has 570 valence electrons. The van der Waals surface area contributed by atoms with E-state index in [-0.39, 0.29) is 48.8 Å². The van der Waals surface area contributed by atoms with Crippen molar-refractivity contribution in [2.24, 2.45) is 11.3 Å². The number of likely N-dealkylation sites (tertiary alicyclic amines) is 1. The molecule has 5 atom stereocenters. The second kappa shape index (κ2) is 35.1. The van der Waals surface area contributed by atoms with E-state index in [0.717, 1.165) is 50.5 Å². The van der Waals surface area contributed by atoms with Crippen LogP contribution in [0, 0.1) is 49.1 Å².